The first-order valence-corrected chi connectivity index (χ1v) is 36.7. The van der Waals surface area contributed by atoms with Gasteiger partial charge in [-0.1, -0.05) is 279 Å². The minimum Gasteiger partial charge on any atom is -0.314 e. The molecule has 5 heteroatoms. The second kappa shape index (κ2) is 29.1. The van der Waals surface area contributed by atoms with Crippen LogP contribution < -0.4 is 0 Å². The molecule has 0 saturated carbocycles. The minimum atomic E-state index is 0.0809. The van der Waals surface area contributed by atoms with Crippen LogP contribution in [0, 0.1) is 41.5 Å². The summed E-state index contributed by atoms with van der Waals surface area (Å²) < 4.78 is 7.03. The van der Waals surface area contributed by atoms with Crippen molar-refractivity contribution in [1.29, 1.82) is 0 Å². The third kappa shape index (κ3) is 13.0. The van der Waals surface area contributed by atoms with Crippen molar-refractivity contribution in [1.82, 2.24) is 23.7 Å². The molecule has 0 fully saturated rings. The fourth-order valence-corrected chi connectivity index (χ4v) is 15.8. The zero-order valence-corrected chi connectivity index (χ0v) is 61.3. The number of benzene rings is 15. The number of hydrogen-bond acceptors (Lipinski definition) is 2. The Bertz CT molecular complexity index is 6600. The summed E-state index contributed by atoms with van der Waals surface area (Å²) in [7, 11) is 0. The molecular weight excluding hydrogens is 1280 g/mol. The highest BCUT2D eigenvalue weighted by molar-refractivity contribution is 6.22. The summed E-state index contributed by atoms with van der Waals surface area (Å²) in [4.78, 5) is 8.62. The average Bonchev–Trinajstić information content (AvgIpc) is 1.58. The first kappa shape index (κ1) is 67.5. The van der Waals surface area contributed by atoms with E-state index < -0.39 is 0 Å². The van der Waals surface area contributed by atoms with Gasteiger partial charge in [-0.15, -0.1) is 0 Å². The van der Waals surface area contributed by atoms with Crippen LogP contribution in [0.4, 0.5) is 0 Å². The van der Waals surface area contributed by atoms with Gasteiger partial charge in [-0.25, -0.2) is 0 Å². The molecule has 21 rings (SSSR count). The lowest BCUT2D eigenvalue weighted by Gasteiger charge is -2.23. The highest BCUT2D eigenvalue weighted by Crippen LogP contribution is 2.51. The fraction of sp³-hybridized carbons (Fsp3) is 0.0891. The molecule has 1 aliphatic carbocycles. The summed E-state index contributed by atoms with van der Waals surface area (Å²) in [6, 6.07) is 125. The van der Waals surface area contributed by atoms with Crippen LogP contribution in [0.2, 0.25) is 0 Å². The molecule has 0 unspecified atom stereocenters. The fourth-order valence-electron chi connectivity index (χ4n) is 15.8. The van der Waals surface area contributed by atoms with Crippen LogP contribution in [-0.4, -0.2) is 23.7 Å². The molecule has 0 spiro atoms. The quantitative estimate of drug-likeness (QED) is 0.177. The van der Waals surface area contributed by atoms with Crippen molar-refractivity contribution in [2.75, 3.05) is 0 Å². The Kier molecular flexibility index (Phi) is 18.5. The molecule has 0 atom stereocenters. The second-order valence-electron chi connectivity index (χ2n) is 28.4. The van der Waals surface area contributed by atoms with Gasteiger partial charge < -0.3 is 13.7 Å². The molecule has 5 nitrogen and oxygen atoms in total. The Labute approximate surface area is 620 Å². The first-order chi connectivity index (χ1) is 51.8. The molecule has 15 aromatic carbocycles. The Morgan fingerprint density at radius 2 is 0.717 bits per heavy atom. The summed E-state index contributed by atoms with van der Waals surface area (Å²) in [5, 5.41) is 17.0. The number of aryl methyl sites for hydroxylation is 6. The molecule has 0 saturated heterocycles. The number of pyridine rings is 2. The van der Waals surface area contributed by atoms with Crippen LogP contribution in [0.3, 0.4) is 0 Å². The van der Waals surface area contributed by atoms with Crippen LogP contribution in [0.15, 0.2) is 358 Å². The average molecular weight is 1370 g/mol. The Hall–Kier alpha value is -13.0. The summed E-state index contributed by atoms with van der Waals surface area (Å²) in [5.41, 5.74) is 25.5. The topological polar surface area (TPSA) is 40.6 Å². The maximum atomic E-state index is 4.38. The van der Waals surface area contributed by atoms with E-state index in [4.69, 9.17) is 0 Å². The standard InChI is InChI=1S/2C23H17N.C20H18.C15H13N.2C10H9N/c1-16-10-13-18(14-11-16)24-21-9-5-4-8-20(21)23-19-7-3-2-6-17(19)12-15-22(23)24;1-16-11-13-21-20(15-16)23-19-10-6-5-7-17(19)12-14-22(23)24(21)18-8-3-2-4-9-18;1-13-8-10-16-17-11-9-14-6-4-5-7-15(14)19(17)20(2,3)18(16)12-13;1-12-11-13-7-5-6-10-15(13)16(12)14-8-3-2-4-9-14;1-8-6-7-11-10-5-3-2-4-9(8)10;1-8-6-7-9-4-2-3-5-10(9)11-8/h2*2-15H,1H3;4-12H,1-3H3;2-11H,1H3;2*2-7H,1H3. The largest absolute Gasteiger partial charge is 0.314 e. The Balaban J connectivity index is 0.0000000999. The molecule has 0 amide bonds. The van der Waals surface area contributed by atoms with E-state index in [9.17, 15) is 0 Å². The zero-order chi connectivity index (χ0) is 72.4. The van der Waals surface area contributed by atoms with E-state index in [1.165, 1.54) is 165 Å². The van der Waals surface area contributed by atoms with Crippen LogP contribution in [0.1, 0.15) is 58.6 Å². The maximum Gasteiger partial charge on any atom is 0.0705 e. The van der Waals surface area contributed by atoms with Crippen molar-refractivity contribution in [2.45, 2.75) is 60.8 Å². The van der Waals surface area contributed by atoms with Crippen molar-refractivity contribution in [3.63, 3.8) is 0 Å². The molecule has 20 aromatic rings. The Morgan fingerprint density at radius 3 is 1.37 bits per heavy atom. The van der Waals surface area contributed by atoms with Gasteiger partial charge in [-0.05, 0) is 205 Å². The van der Waals surface area contributed by atoms with E-state index in [1.54, 1.807) is 0 Å². The molecule has 0 radical (unpaired) electrons. The molecule has 0 bridgehead atoms. The van der Waals surface area contributed by atoms with Crippen LogP contribution in [-0.2, 0) is 5.41 Å². The lowest BCUT2D eigenvalue weighted by molar-refractivity contribution is 0.665. The maximum absolute atomic E-state index is 4.38. The third-order valence-corrected chi connectivity index (χ3v) is 20.9. The monoisotopic (exact) mass is 1370 g/mol. The van der Waals surface area contributed by atoms with Gasteiger partial charge >= 0.3 is 0 Å². The van der Waals surface area contributed by atoms with E-state index in [-0.39, 0.29) is 5.41 Å². The van der Waals surface area contributed by atoms with E-state index >= 15 is 0 Å². The summed E-state index contributed by atoms with van der Waals surface area (Å²) in [5.74, 6) is 0. The van der Waals surface area contributed by atoms with E-state index in [0.717, 1.165) is 16.7 Å². The number of hydrogen-bond donors (Lipinski definition) is 0. The number of para-hydroxylation sites is 6. The molecule has 106 heavy (non-hydrogen) atoms. The van der Waals surface area contributed by atoms with Gasteiger partial charge in [-0.2, -0.15) is 0 Å². The first-order valence-electron chi connectivity index (χ1n) is 36.7. The summed E-state index contributed by atoms with van der Waals surface area (Å²) in [6.45, 7) is 17.4. The van der Waals surface area contributed by atoms with Gasteiger partial charge in [-0.3, -0.25) is 9.97 Å². The predicted octanol–water partition coefficient (Wildman–Crippen LogP) is 27.0. The highest BCUT2D eigenvalue weighted by Gasteiger charge is 2.36. The molecule has 1 aliphatic rings. The van der Waals surface area contributed by atoms with Crippen molar-refractivity contribution in [3.8, 4) is 28.2 Å². The molecular formula is C101H83N5. The smallest absolute Gasteiger partial charge is 0.0705 e. The van der Waals surface area contributed by atoms with Gasteiger partial charge in [0, 0.05) is 77.8 Å². The van der Waals surface area contributed by atoms with Crippen LogP contribution in [0.25, 0.3) is 137 Å². The third-order valence-electron chi connectivity index (χ3n) is 20.9. The second-order valence-corrected chi connectivity index (χ2v) is 28.4. The predicted molar refractivity (Wildman–Crippen MR) is 453 cm³/mol. The van der Waals surface area contributed by atoms with E-state index in [0.29, 0.717) is 0 Å². The van der Waals surface area contributed by atoms with Gasteiger partial charge in [0.05, 0.1) is 38.6 Å². The molecule has 5 heterocycles. The van der Waals surface area contributed by atoms with Gasteiger partial charge in [0.15, 0.2) is 0 Å². The normalized spacial score (nSPS) is 11.8. The molecule has 0 N–H and O–H groups in total. The highest BCUT2D eigenvalue weighted by atomic mass is 15.0. The SMILES string of the molecule is Cc1cc2ccccc2n1-c1ccccc1.Cc1ccc(-n2c3ccccc3c3c4ccccc4ccc32)cc1.Cc1ccc2c(c1)C(C)(C)c1c-2ccc2ccccc12.Cc1ccc2c(c1)c1c3ccccc3ccc1n2-c1ccccc1.Cc1ccc2ccccc2n1.Cc1ccnc2ccccc12. The summed E-state index contributed by atoms with van der Waals surface area (Å²) >= 11 is 0. The van der Waals surface area contributed by atoms with Gasteiger partial charge in [0.1, 0.15) is 0 Å². The number of rotatable bonds is 3. The molecule has 512 valence electrons. The molecule has 0 aliphatic heterocycles. The van der Waals surface area contributed by atoms with Crippen LogP contribution in [0.5, 0.6) is 0 Å². The molecule has 5 aromatic heterocycles. The lowest BCUT2D eigenvalue weighted by Crippen LogP contribution is -2.15. The number of nitrogens with zero attached hydrogens (tertiary/aromatic N) is 5. The van der Waals surface area contributed by atoms with Crippen molar-refractivity contribution in [3.05, 3.63) is 403 Å². The van der Waals surface area contributed by atoms with Gasteiger partial charge in [0.25, 0.3) is 0 Å². The Morgan fingerprint density at radius 1 is 0.274 bits per heavy atom. The number of fused-ring (bicyclic) bond motifs is 18. The van der Waals surface area contributed by atoms with Crippen molar-refractivity contribution >= 4 is 109 Å². The number of aromatic nitrogens is 5. The lowest BCUT2D eigenvalue weighted by atomic mass is 9.80. The van der Waals surface area contributed by atoms with Crippen LogP contribution >= 0.6 is 0 Å². The zero-order valence-electron chi connectivity index (χ0n) is 61.3. The van der Waals surface area contributed by atoms with Crippen molar-refractivity contribution in [2.24, 2.45) is 0 Å². The van der Waals surface area contributed by atoms with E-state index in [1.807, 2.05) is 67.7 Å². The summed E-state index contributed by atoms with van der Waals surface area (Å²) in [6.07, 6.45) is 1.84. The van der Waals surface area contributed by atoms with E-state index in [2.05, 4.69) is 369 Å². The van der Waals surface area contributed by atoms with Crippen molar-refractivity contribution < 1.29 is 0 Å². The van der Waals surface area contributed by atoms with Gasteiger partial charge in [0.2, 0.25) is 0 Å². The minimum absolute atomic E-state index is 0.0809.